The molecule has 1 aliphatic carbocycles. The molecule has 4 nitrogen and oxygen atoms in total. The predicted molar refractivity (Wildman–Crippen MR) is 228 cm³/mol. The molecule has 1 aliphatic heterocycles. The van der Waals surface area contributed by atoms with E-state index in [-0.39, 0.29) is 0 Å². The summed E-state index contributed by atoms with van der Waals surface area (Å²) in [5, 5.41) is 2.25. The van der Waals surface area contributed by atoms with E-state index < -0.39 is 0 Å². The van der Waals surface area contributed by atoms with Gasteiger partial charge >= 0.3 is 0 Å². The second-order valence-electron chi connectivity index (χ2n) is 14.7. The van der Waals surface area contributed by atoms with Gasteiger partial charge in [0.1, 0.15) is 11.2 Å². The number of aryl methyl sites for hydroxylation is 1. The number of anilines is 3. The zero-order valence-electron chi connectivity index (χ0n) is 30.7. The normalized spacial score (nSPS) is 13.0. The highest BCUT2D eigenvalue weighted by molar-refractivity contribution is 6.06. The van der Waals surface area contributed by atoms with Gasteiger partial charge in [0.05, 0.1) is 5.69 Å². The minimum atomic E-state index is 0.685. The van der Waals surface area contributed by atoms with Crippen LogP contribution in [-0.2, 0) is 12.8 Å². The maximum atomic E-state index is 6.62. The summed E-state index contributed by atoms with van der Waals surface area (Å²) in [6, 6.07) is 62.1. The molecule has 0 radical (unpaired) electrons. The maximum absolute atomic E-state index is 6.62. The Morgan fingerprint density at radius 1 is 0.393 bits per heavy atom. The summed E-state index contributed by atoms with van der Waals surface area (Å²) in [6.07, 6.45) is 4.54. The van der Waals surface area contributed by atoms with Crippen LogP contribution in [0.3, 0.4) is 0 Å². The first-order valence-corrected chi connectivity index (χ1v) is 19.4. The summed E-state index contributed by atoms with van der Waals surface area (Å²) < 4.78 is 19.5. The first-order valence-electron chi connectivity index (χ1n) is 19.4. The number of para-hydroxylation sites is 3. The largest absolute Gasteiger partial charge is 0.456 e. The predicted octanol–water partition coefficient (Wildman–Crippen LogP) is 14.8. The molecule has 0 unspecified atom stereocenters. The summed E-state index contributed by atoms with van der Waals surface area (Å²) in [5.41, 5.74) is 14.6. The van der Waals surface area contributed by atoms with Crippen molar-refractivity contribution in [3.63, 3.8) is 0 Å². The van der Waals surface area contributed by atoms with E-state index in [4.69, 9.17) is 13.9 Å². The van der Waals surface area contributed by atoms with Gasteiger partial charge in [-0.25, -0.2) is 0 Å². The second-order valence-corrected chi connectivity index (χ2v) is 14.7. The van der Waals surface area contributed by atoms with Gasteiger partial charge < -0.3 is 18.8 Å². The number of furan rings is 1. The number of hydrogen-bond acceptors (Lipinski definition) is 4. The van der Waals surface area contributed by atoms with E-state index in [2.05, 4.69) is 144 Å². The number of fused-ring (bicyclic) bond motifs is 6. The highest BCUT2D eigenvalue weighted by Gasteiger charge is 2.27. The first kappa shape index (κ1) is 32.4. The number of ether oxygens (including phenoxy) is 2. The minimum Gasteiger partial charge on any atom is -0.456 e. The summed E-state index contributed by atoms with van der Waals surface area (Å²) in [5.74, 6) is 2.82. The minimum absolute atomic E-state index is 0.685. The third-order valence-corrected chi connectivity index (χ3v) is 11.3. The first-order chi connectivity index (χ1) is 27.7. The van der Waals surface area contributed by atoms with E-state index in [1.54, 1.807) is 0 Å². The van der Waals surface area contributed by atoms with Gasteiger partial charge in [-0.15, -0.1) is 0 Å². The Morgan fingerprint density at radius 3 is 1.91 bits per heavy atom. The maximum Gasteiger partial charge on any atom is 0.172 e. The fraction of sp³-hybridized carbons (Fsp3) is 0.0769. The molecule has 0 saturated heterocycles. The average Bonchev–Trinajstić information content (AvgIpc) is 3.64. The Balaban J connectivity index is 1.12. The topological polar surface area (TPSA) is 34.8 Å². The molecule has 0 fully saturated rings. The van der Waals surface area contributed by atoms with Crippen LogP contribution in [0.25, 0.3) is 55.3 Å². The lowest BCUT2D eigenvalue weighted by Gasteiger charge is -2.31. The van der Waals surface area contributed by atoms with Crippen LogP contribution in [-0.4, -0.2) is 0 Å². The molecular weight excluding hydrogens is 687 g/mol. The van der Waals surface area contributed by atoms with Crippen molar-refractivity contribution in [1.29, 1.82) is 0 Å². The van der Waals surface area contributed by atoms with E-state index in [0.717, 1.165) is 74.3 Å². The van der Waals surface area contributed by atoms with Gasteiger partial charge in [-0.3, -0.25) is 0 Å². The lowest BCUT2D eigenvalue weighted by Crippen LogP contribution is -2.13. The van der Waals surface area contributed by atoms with Crippen molar-refractivity contribution in [2.75, 3.05) is 4.90 Å². The van der Waals surface area contributed by atoms with Gasteiger partial charge in [0, 0.05) is 33.8 Å². The summed E-state index contributed by atoms with van der Waals surface area (Å²) >= 11 is 0. The van der Waals surface area contributed by atoms with Crippen LogP contribution in [0.5, 0.6) is 23.0 Å². The molecule has 0 N–H and O–H groups in total. The molecule has 0 saturated carbocycles. The van der Waals surface area contributed by atoms with Crippen molar-refractivity contribution < 1.29 is 13.9 Å². The van der Waals surface area contributed by atoms with Crippen LogP contribution in [0.4, 0.5) is 17.1 Å². The highest BCUT2D eigenvalue weighted by atomic mass is 16.6. The Kier molecular flexibility index (Phi) is 7.73. The molecule has 4 heteroatoms. The van der Waals surface area contributed by atoms with E-state index in [1.165, 1.54) is 40.7 Å². The lowest BCUT2D eigenvalue weighted by molar-refractivity contribution is 0.360. The van der Waals surface area contributed by atoms with E-state index in [0.29, 0.717) is 17.2 Å². The van der Waals surface area contributed by atoms with Crippen LogP contribution in [0.1, 0.15) is 24.0 Å². The van der Waals surface area contributed by atoms with Crippen LogP contribution in [0, 0.1) is 0 Å². The van der Waals surface area contributed by atoms with Crippen molar-refractivity contribution in [2.45, 2.75) is 25.7 Å². The lowest BCUT2D eigenvalue weighted by atomic mass is 9.85. The smallest absolute Gasteiger partial charge is 0.172 e. The highest BCUT2D eigenvalue weighted by Crippen LogP contribution is 2.53. The third kappa shape index (κ3) is 5.61. The van der Waals surface area contributed by atoms with Gasteiger partial charge in [0.25, 0.3) is 0 Å². The Hall–Kier alpha value is -7.04. The fourth-order valence-electron chi connectivity index (χ4n) is 8.59. The number of nitrogens with zero attached hydrogens (tertiary/aromatic N) is 1. The van der Waals surface area contributed by atoms with E-state index in [9.17, 15) is 0 Å². The summed E-state index contributed by atoms with van der Waals surface area (Å²) in [4.78, 5) is 2.37. The summed E-state index contributed by atoms with van der Waals surface area (Å²) in [7, 11) is 0. The average molecular weight is 724 g/mol. The Bertz CT molecular complexity index is 2930. The van der Waals surface area contributed by atoms with Crippen LogP contribution < -0.4 is 14.4 Å². The van der Waals surface area contributed by atoms with Gasteiger partial charge in [-0.2, -0.15) is 0 Å². The van der Waals surface area contributed by atoms with Crippen LogP contribution in [0.15, 0.2) is 180 Å². The molecule has 11 rings (SSSR count). The van der Waals surface area contributed by atoms with E-state index >= 15 is 0 Å². The molecule has 9 aromatic rings. The molecule has 0 atom stereocenters. The van der Waals surface area contributed by atoms with Gasteiger partial charge in [0.15, 0.2) is 23.0 Å². The van der Waals surface area contributed by atoms with Gasteiger partial charge in [-0.1, -0.05) is 109 Å². The molecule has 0 amide bonds. The molecule has 8 aromatic carbocycles. The van der Waals surface area contributed by atoms with Crippen LogP contribution >= 0.6 is 0 Å². The van der Waals surface area contributed by atoms with E-state index in [1.807, 2.05) is 36.4 Å². The number of hydrogen-bond donors (Lipinski definition) is 0. The summed E-state index contributed by atoms with van der Waals surface area (Å²) in [6.45, 7) is 0. The van der Waals surface area contributed by atoms with Crippen molar-refractivity contribution in [3.8, 4) is 56.4 Å². The molecule has 2 aliphatic rings. The molecule has 1 aromatic heterocycles. The third-order valence-electron chi connectivity index (χ3n) is 11.3. The van der Waals surface area contributed by atoms with Crippen molar-refractivity contribution in [3.05, 3.63) is 187 Å². The second kappa shape index (κ2) is 13.4. The Labute approximate surface area is 325 Å². The SMILES string of the molecule is c1ccc(-c2ccc(N(c3cccc(-c4ccc5c(c4)oc4ccccc45)c3)c3cc4c(cc3-c3cccc5c3CCCC5)Oc3ccccc3O4)cc2)cc1. The van der Waals surface area contributed by atoms with Gasteiger partial charge in [-0.05, 0) is 125 Å². The Morgan fingerprint density at radius 2 is 1.05 bits per heavy atom. The quantitative estimate of drug-likeness (QED) is 0.171. The standard InChI is InChI=1S/C52H37NO3/c1-2-12-34(13-3-1)35-24-27-39(28-25-35)53(40-17-10-16-37(30-40)38-26-29-44-43-19-6-7-21-47(43)54-50(44)31-38)46-33-52-51(55-48-22-8-9-23-49(48)56-52)32-45(46)42-20-11-15-36-14-4-5-18-41(36)42/h1-3,6-13,15-17,19-33H,4-5,14,18H2. The molecular formula is C52H37NO3. The monoisotopic (exact) mass is 723 g/mol. The number of rotatable bonds is 6. The molecule has 268 valence electrons. The number of benzene rings is 8. The molecule has 56 heavy (non-hydrogen) atoms. The van der Waals surface area contributed by atoms with Gasteiger partial charge in [0.2, 0.25) is 0 Å². The molecule has 0 spiro atoms. The fourth-order valence-corrected chi connectivity index (χ4v) is 8.59. The van der Waals surface area contributed by atoms with Crippen molar-refractivity contribution >= 4 is 39.0 Å². The molecule has 0 bridgehead atoms. The zero-order valence-corrected chi connectivity index (χ0v) is 30.7. The molecule has 2 heterocycles. The zero-order chi connectivity index (χ0) is 37.0. The van der Waals surface area contributed by atoms with Crippen molar-refractivity contribution in [1.82, 2.24) is 0 Å². The van der Waals surface area contributed by atoms with Crippen LogP contribution in [0.2, 0.25) is 0 Å². The van der Waals surface area contributed by atoms with Crippen molar-refractivity contribution in [2.24, 2.45) is 0 Å².